The second-order valence-electron chi connectivity index (χ2n) is 2.90. The Kier molecular flexibility index (Phi) is 18.5. The largest absolute Gasteiger partial charge is 0.577 e. The topological polar surface area (TPSA) is 36.9 Å². The Morgan fingerprint density at radius 3 is 1.44 bits per heavy atom. The summed E-state index contributed by atoms with van der Waals surface area (Å²) in [6.07, 6.45) is 1.48. The first-order valence-electron chi connectivity index (χ1n) is 5.76. The molecule has 0 saturated carbocycles. The van der Waals surface area contributed by atoms with E-state index >= 15 is 0 Å². The van der Waals surface area contributed by atoms with Crippen molar-refractivity contribution < 1.29 is 17.1 Å². The minimum Gasteiger partial charge on any atom is -0.514 e. The van der Waals surface area contributed by atoms with Crippen LogP contribution in [-0.4, -0.2) is 52.1 Å². The van der Waals surface area contributed by atoms with Crippen molar-refractivity contribution in [3.05, 3.63) is 0 Å². The summed E-state index contributed by atoms with van der Waals surface area (Å²) in [5, 5.41) is 0. The first-order chi connectivity index (χ1) is 7.65. The molecule has 3 radical (unpaired) electrons. The Labute approximate surface area is 110 Å². The molecule has 0 N–H and O–H groups in total. The fourth-order valence-electron chi connectivity index (χ4n) is 0.575. The Bertz CT molecular complexity index is 111. The molecule has 0 bridgehead atoms. The summed E-state index contributed by atoms with van der Waals surface area (Å²) in [5.41, 5.74) is 0. The van der Waals surface area contributed by atoms with Crippen molar-refractivity contribution in [3.63, 3.8) is 0 Å². The Morgan fingerprint density at radius 1 is 0.938 bits per heavy atom. The van der Waals surface area contributed by atoms with Crippen LogP contribution in [0.5, 0.6) is 0 Å². The van der Waals surface area contributed by atoms with E-state index < -0.39 is 9.53 Å². The highest BCUT2D eigenvalue weighted by atomic mass is 28.3. The average Bonchev–Trinajstić information content (AvgIpc) is 2.30. The predicted octanol–water partition coefficient (Wildman–Crippen LogP) is 1.97. The molecule has 1 atom stereocenters. The zero-order chi connectivity index (χ0) is 12.8. The van der Waals surface area contributed by atoms with Crippen molar-refractivity contribution in [2.24, 2.45) is 0 Å². The van der Waals surface area contributed by atoms with Gasteiger partial charge in [0.15, 0.2) is 0 Å². The fraction of sp³-hybridized carbons (Fsp3) is 1.00. The molecule has 0 heterocycles. The van der Waals surface area contributed by atoms with Gasteiger partial charge in [0.05, 0.1) is 0 Å². The van der Waals surface area contributed by atoms with E-state index in [9.17, 15) is 0 Å². The van der Waals surface area contributed by atoms with Crippen LogP contribution in [0.4, 0.5) is 0 Å². The minimum absolute atomic E-state index is 0.398. The average molecular weight is 263 g/mol. The highest BCUT2D eigenvalue weighted by molar-refractivity contribution is 6.36. The van der Waals surface area contributed by atoms with Crippen molar-refractivity contribution in [2.75, 3.05) is 19.8 Å². The maximum atomic E-state index is 5.18. The minimum atomic E-state index is -1.40. The van der Waals surface area contributed by atoms with E-state index in [1.165, 1.54) is 0 Å². The van der Waals surface area contributed by atoms with Crippen LogP contribution >= 0.6 is 0 Å². The van der Waals surface area contributed by atoms with Gasteiger partial charge < -0.3 is 17.1 Å². The lowest BCUT2D eigenvalue weighted by atomic mass is 10.3. The lowest BCUT2D eigenvalue weighted by molar-refractivity contribution is 0.107. The molecular weight excluding hydrogens is 239 g/mol. The molecular formula is C10H24AlO4Si. The molecule has 16 heavy (non-hydrogen) atoms. The summed E-state index contributed by atoms with van der Waals surface area (Å²) in [6.45, 7) is 11.9. The van der Waals surface area contributed by atoms with Gasteiger partial charge in [-0.05, 0) is 34.1 Å². The van der Waals surface area contributed by atoms with Crippen LogP contribution in [0.15, 0.2) is 0 Å². The summed E-state index contributed by atoms with van der Waals surface area (Å²) in [7, 11) is -1.40. The molecule has 0 aliphatic heterocycles. The fourth-order valence-corrected chi connectivity index (χ4v) is 1.72. The van der Waals surface area contributed by atoms with Crippen molar-refractivity contribution in [1.29, 1.82) is 0 Å². The van der Waals surface area contributed by atoms with E-state index in [1.54, 1.807) is 0 Å². The normalized spacial score (nSPS) is 12.1. The highest BCUT2D eigenvalue weighted by Crippen LogP contribution is 1.91. The van der Waals surface area contributed by atoms with Crippen molar-refractivity contribution in [2.45, 2.75) is 47.1 Å². The quantitative estimate of drug-likeness (QED) is 0.627. The van der Waals surface area contributed by atoms with Crippen molar-refractivity contribution in [1.82, 2.24) is 0 Å². The summed E-state index contributed by atoms with van der Waals surface area (Å²) in [5.74, 6) is 0. The smallest absolute Gasteiger partial charge is 0.514 e. The van der Waals surface area contributed by atoms with Crippen LogP contribution in [0.1, 0.15) is 41.0 Å². The Hall–Kier alpha value is 0.589. The van der Waals surface area contributed by atoms with Crippen LogP contribution in [0.3, 0.4) is 0 Å². The lowest BCUT2D eigenvalue weighted by Crippen LogP contribution is -2.27. The van der Waals surface area contributed by atoms with E-state index in [0.29, 0.717) is 25.9 Å². The zero-order valence-electron chi connectivity index (χ0n) is 11.1. The maximum Gasteiger partial charge on any atom is 0.577 e. The molecule has 0 aliphatic rings. The molecule has 0 aromatic rings. The van der Waals surface area contributed by atoms with Crippen LogP contribution in [0.25, 0.3) is 0 Å². The molecule has 0 fully saturated rings. The molecule has 0 aromatic carbocycles. The molecule has 95 valence electrons. The van der Waals surface area contributed by atoms with Gasteiger partial charge in [-0.25, -0.2) is 0 Å². The standard InChI is InChI=1S/C6H15O3Si.C4H9O.Al/c1-4-7-10(8-5-2)9-6-3;1-3-4(2)5;/h4-6H2,1-3H3;4H,3H2,1-2H3;/q;-1;+1. The van der Waals surface area contributed by atoms with E-state index in [1.807, 2.05) is 27.7 Å². The molecule has 0 rings (SSSR count). The van der Waals surface area contributed by atoms with Crippen molar-refractivity contribution >= 4 is 26.2 Å². The van der Waals surface area contributed by atoms with Crippen LogP contribution in [0.2, 0.25) is 0 Å². The van der Waals surface area contributed by atoms with Crippen LogP contribution < -0.4 is 0 Å². The number of rotatable bonds is 8. The molecule has 1 unspecified atom stereocenters. The molecule has 0 saturated heterocycles. The summed E-state index contributed by atoms with van der Waals surface area (Å²) < 4.78 is 20.4. The SMILES string of the molecule is CCC(C)[O][Al].CCO[Si](OCC)OCC. The monoisotopic (exact) mass is 263 g/mol. The summed E-state index contributed by atoms with van der Waals surface area (Å²) >= 11 is 2.24. The van der Waals surface area contributed by atoms with Gasteiger partial charge in [-0.1, -0.05) is 6.92 Å². The van der Waals surface area contributed by atoms with Gasteiger partial charge in [-0.3, -0.25) is 0 Å². The molecule has 4 nitrogen and oxygen atoms in total. The molecule has 0 amide bonds. The first-order valence-corrected chi connectivity index (χ1v) is 7.46. The maximum absolute atomic E-state index is 5.18. The molecule has 6 heteroatoms. The van der Waals surface area contributed by atoms with Crippen LogP contribution in [0, 0.1) is 0 Å². The highest BCUT2D eigenvalue weighted by Gasteiger charge is 2.15. The van der Waals surface area contributed by atoms with Gasteiger partial charge in [0.1, 0.15) is 0 Å². The third-order valence-electron chi connectivity index (χ3n) is 1.59. The van der Waals surface area contributed by atoms with E-state index in [2.05, 4.69) is 23.5 Å². The second-order valence-corrected chi connectivity index (χ2v) is 4.54. The van der Waals surface area contributed by atoms with E-state index in [0.717, 1.165) is 6.42 Å². The van der Waals surface area contributed by atoms with E-state index in [4.69, 9.17) is 17.1 Å². The first kappa shape index (κ1) is 18.9. The number of hydrogen-bond acceptors (Lipinski definition) is 4. The third-order valence-corrected chi connectivity index (χ3v) is 3.63. The van der Waals surface area contributed by atoms with Gasteiger partial charge in [0, 0.05) is 25.9 Å². The van der Waals surface area contributed by atoms with Gasteiger partial charge in [-0.15, -0.1) is 0 Å². The van der Waals surface area contributed by atoms with Gasteiger partial charge in [-0.2, -0.15) is 0 Å². The lowest BCUT2D eigenvalue weighted by Gasteiger charge is -2.10. The number of hydrogen-bond donors (Lipinski definition) is 0. The molecule has 0 spiro atoms. The molecule has 0 aliphatic carbocycles. The van der Waals surface area contributed by atoms with Gasteiger partial charge in [0.25, 0.3) is 0 Å². The Balaban J connectivity index is 0. The van der Waals surface area contributed by atoms with E-state index in [-0.39, 0.29) is 0 Å². The second kappa shape index (κ2) is 15.6. The Morgan fingerprint density at radius 2 is 1.31 bits per heavy atom. The van der Waals surface area contributed by atoms with Crippen LogP contribution in [-0.2, 0) is 17.1 Å². The van der Waals surface area contributed by atoms with Gasteiger partial charge >= 0.3 is 26.2 Å². The molecule has 0 aromatic heterocycles. The van der Waals surface area contributed by atoms with Gasteiger partial charge in [0.2, 0.25) is 0 Å². The zero-order valence-corrected chi connectivity index (χ0v) is 13.3. The predicted molar refractivity (Wildman–Crippen MR) is 67.2 cm³/mol. The summed E-state index contributed by atoms with van der Waals surface area (Å²) in [6, 6.07) is 0. The third kappa shape index (κ3) is 14.6. The summed E-state index contributed by atoms with van der Waals surface area (Å²) in [4.78, 5) is 0. The van der Waals surface area contributed by atoms with Crippen molar-refractivity contribution in [3.8, 4) is 0 Å².